The third kappa shape index (κ3) is 6.52. The zero-order valence-corrected chi connectivity index (χ0v) is 29.2. The molecule has 2 N–H and O–H groups in total. The van der Waals surface area contributed by atoms with Crippen LogP contribution in [0.5, 0.6) is 0 Å². The van der Waals surface area contributed by atoms with Crippen LogP contribution in [0.3, 0.4) is 0 Å². The summed E-state index contributed by atoms with van der Waals surface area (Å²) in [4.78, 5) is 63.3. The predicted molar refractivity (Wildman–Crippen MR) is 193 cm³/mol. The van der Waals surface area contributed by atoms with E-state index in [1.54, 1.807) is 37.5 Å². The molecule has 3 aliphatic rings. The molecule has 1 unspecified atom stereocenters. The number of rotatable bonds is 7. The van der Waals surface area contributed by atoms with Gasteiger partial charge in [0.25, 0.3) is 5.91 Å². The number of fused-ring (bicyclic) bond motifs is 2. The maximum atomic E-state index is 15.5. The highest BCUT2D eigenvalue weighted by Gasteiger charge is 2.34. The fourth-order valence-electron chi connectivity index (χ4n) is 8.08. The topological polar surface area (TPSA) is 176 Å². The Morgan fingerprint density at radius 3 is 2.60 bits per heavy atom. The fourth-order valence-corrected chi connectivity index (χ4v) is 8.08. The Labute approximate surface area is 303 Å². The van der Waals surface area contributed by atoms with E-state index < -0.39 is 29.4 Å². The summed E-state index contributed by atoms with van der Waals surface area (Å²) in [5.74, 6) is -0.828. The van der Waals surface area contributed by atoms with Gasteiger partial charge < -0.3 is 10.2 Å². The largest absolute Gasteiger partial charge is 0.365 e. The number of anilines is 2. The number of imide groups is 1. The van der Waals surface area contributed by atoms with Crippen molar-refractivity contribution in [2.45, 2.75) is 50.6 Å². The molecular weight excluding hydrogens is 681 g/mol. The van der Waals surface area contributed by atoms with Crippen molar-refractivity contribution in [1.82, 2.24) is 39.1 Å². The number of hydrogen-bond acceptors (Lipinski definition) is 10. The minimum Gasteiger partial charge on any atom is -0.365 e. The molecular formula is C37H38FN11O4. The fraction of sp³-hybridized carbons (Fsp3) is 0.405. The Morgan fingerprint density at radius 1 is 1.06 bits per heavy atom. The van der Waals surface area contributed by atoms with E-state index in [0.717, 1.165) is 56.2 Å². The molecule has 1 saturated carbocycles. The van der Waals surface area contributed by atoms with Gasteiger partial charge in [0.15, 0.2) is 0 Å². The highest BCUT2D eigenvalue weighted by molar-refractivity contribution is 6.03. The first-order valence-corrected chi connectivity index (χ1v) is 17.9. The highest BCUT2D eigenvalue weighted by atomic mass is 19.1. The zero-order valence-electron chi connectivity index (χ0n) is 29.2. The van der Waals surface area contributed by atoms with E-state index in [2.05, 4.69) is 25.5 Å². The van der Waals surface area contributed by atoms with Gasteiger partial charge in [0.05, 0.1) is 29.0 Å². The second-order valence-electron chi connectivity index (χ2n) is 14.1. The average molecular weight is 720 g/mol. The first-order chi connectivity index (χ1) is 25.7. The number of aryl methyl sites for hydroxylation is 1. The number of pyridine rings is 2. The van der Waals surface area contributed by atoms with Gasteiger partial charge in [0.1, 0.15) is 40.7 Å². The van der Waals surface area contributed by atoms with Crippen LogP contribution in [0.4, 0.5) is 15.9 Å². The van der Waals surface area contributed by atoms with E-state index >= 15 is 4.39 Å². The van der Waals surface area contributed by atoms with Crippen molar-refractivity contribution in [3.05, 3.63) is 76.5 Å². The van der Waals surface area contributed by atoms with Crippen LogP contribution in [-0.4, -0.2) is 84.2 Å². The molecule has 272 valence electrons. The number of piperidine rings is 1. The lowest BCUT2D eigenvalue weighted by Crippen LogP contribution is -2.48. The zero-order chi connectivity index (χ0) is 36.8. The summed E-state index contributed by atoms with van der Waals surface area (Å²) in [5.41, 5.74) is 1.93. The molecule has 8 rings (SSSR count). The minimum absolute atomic E-state index is 0.138. The molecule has 0 spiro atoms. The Hall–Kier alpha value is -5.95. The van der Waals surface area contributed by atoms with E-state index in [1.165, 1.54) is 21.3 Å². The van der Waals surface area contributed by atoms with Crippen molar-refractivity contribution < 1.29 is 18.8 Å². The molecule has 3 fully saturated rings. The van der Waals surface area contributed by atoms with Crippen LogP contribution in [-0.2, 0) is 16.6 Å². The van der Waals surface area contributed by atoms with Crippen LogP contribution in [0.2, 0.25) is 0 Å². The summed E-state index contributed by atoms with van der Waals surface area (Å²) in [6.07, 6.45) is 8.09. The number of carbonyl (C=O) groups excluding carboxylic acids is 3. The van der Waals surface area contributed by atoms with Crippen molar-refractivity contribution in [2.75, 3.05) is 42.9 Å². The number of nitrogens with zero attached hydrogens (tertiary/aromatic N) is 9. The molecule has 2 aliphatic heterocycles. The third-order valence-electron chi connectivity index (χ3n) is 10.8. The summed E-state index contributed by atoms with van der Waals surface area (Å²) in [6.45, 7) is 3.67. The molecule has 2 saturated heterocycles. The second kappa shape index (κ2) is 13.9. The minimum atomic E-state index is -0.829. The summed E-state index contributed by atoms with van der Waals surface area (Å²) in [6, 6.07) is 10.8. The van der Waals surface area contributed by atoms with Gasteiger partial charge in [-0.1, -0.05) is 6.07 Å². The molecule has 15 nitrogen and oxygen atoms in total. The summed E-state index contributed by atoms with van der Waals surface area (Å²) in [7, 11) is 1.60. The lowest BCUT2D eigenvalue weighted by molar-refractivity contribution is -0.135. The van der Waals surface area contributed by atoms with Gasteiger partial charge in [-0.25, -0.2) is 19.2 Å². The summed E-state index contributed by atoms with van der Waals surface area (Å²) in [5, 5.41) is 19.8. The number of halogens is 1. The number of nitrogens with one attached hydrogen (secondary N) is 2. The van der Waals surface area contributed by atoms with Crippen molar-refractivity contribution in [1.29, 1.82) is 5.26 Å². The number of imidazole rings is 1. The van der Waals surface area contributed by atoms with Crippen molar-refractivity contribution in [3.8, 4) is 6.07 Å². The standard InChI is InChI=1S/C37H38FN11O4/c1-45-34-29(49(37(45)53)30-11-12-32(50)43-36(30)52)10-9-26(38)33(34)47-15-13-46(14-16-47)20-22-5-7-25(8-6-22)48-21-23-17-31(40-19-28(23)44-48)42-35(51)27-4-2-3-24(18-39)41-27/h2-4,9-10,17,19,21-22,25,30H,5-8,11-16,20H2,1H3,(H,42,51)(H,43,50,52)/t22-,25-,30?. The van der Waals surface area contributed by atoms with Crippen LogP contribution in [0.1, 0.15) is 66.8 Å². The van der Waals surface area contributed by atoms with Gasteiger partial charge in [0.2, 0.25) is 11.8 Å². The van der Waals surface area contributed by atoms with E-state index in [-0.39, 0.29) is 36.2 Å². The second-order valence-corrected chi connectivity index (χ2v) is 14.1. The normalized spacial score (nSPS) is 21.2. The van der Waals surface area contributed by atoms with Crippen LogP contribution >= 0.6 is 0 Å². The van der Waals surface area contributed by atoms with E-state index in [9.17, 15) is 19.2 Å². The molecule has 1 aromatic carbocycles. The Kier molecular flexibility index (Phi) is 8.95. The molecule has 3 amide bonds. The third-order valence-corrected chi connectivity index (χ3v) is 10.8. The lowest BCUT2D eigenvalue weighted by atomic mass is 9.85. The quantitative estimate of drug-likeness (QED) is 0.238. The van der Waals surface area contributed by atoms with Crippen molar-refractivity contribution >= 4 is 51.2 Å². The van der Waals surface area contributed by atoms with Gasteiger partial charge in [-0.3, -0.25) is 38.4 Å². The predicted octanol–water partition coefficient (Wildman–Crippen LogP) is 3.27. The number of benzene rings is 1. The average Bonchev–Trinajstić information content (AvgIpc) is 3.70. The Morgan fingerprint density at radius 2 is 1.85 bits per heavy atom. The van der Waals surface area contributed by atoms with Gasteiger partial charge in [-0.15, -0.1) is 0 Å². The molecule has 1 aliphatic carbocycles. The number of carbonyl (C=O) groups is 3. The first-order valence-electron chi connectivity index (χ1n) is 17.9. The van der Waals surface area contributed by atoms with Gasteiger partial charge in [-0.2, -0.15) is 10.4 Å². The van der Waals surface area contributed by atoms with E-state index in [0.29, 0.717) is 41.5 Å². The van der Waals surface area contributed by atoms with E-state index in [1.807, 2.05) is 21.8 Å². The highest BCUT2D eigenvalue weighted by Crippen LogP contribution is 2.35. The lowest BCUT2D eigenvalue weighted by Gasteiger charge is -2.39. The molecule has 4 aromatic heterocycles. The smallest absolute Gasteiger partial charge is 0.329 e. The summed E-state index contributed by atoms with van der Waals surface area (Å²) < 4.78 is 20.3. The molecule has 6 heterocycles. The number of hydrogen-bond donors (Lipinski definition) is 2. The number of piperazine rings is 1. The SMILES string of the molecule is Cn1c(=O)n(C2CCC(=O)NC2=O)c2ccc(F)c(N3CCN(C[C@H]4CC[C@H](n5cc6cc(NC(=O)c7cccc(C#N)n7)ncc6n5)CC4)CC3)c21. The number of aromatic nitrogens is 6. The Bertz CT molecular complexity index is 2360. The van der Waals surface area contributed by atoms with Crippen LogP contribution < -0.4 is 21.2 Å². The van der Waals surface area contributed by atoms with Gasteiger partial charge in [0, 0.05) is 57.8 Å². The molecule has 16 heteroatoms. The van der Waals surface area contributed by atoms with Crippen LogP contribution in [0.15, 0.2) is 53.6 Å². The molecule has 0 radical (unpaired) electrons. The first kappa shape index (κ1) is 34.2. The van der Waals surface area contributed by atoms with Gasteiger partial charge in [-0.05, 0) is 68.4 Å². The van der Waals surface area contributed by atoms with E-state index in [4.69, 9.17) is 10.4 Å². The maximum absolute atomic E-state index is 15.5. The van der Waals surface area contributed by atoms with Gasteiger partial charge >= 0.3 is 5.69 Å². The monoisotopic (exact) mass is 719 g/mol. The van der Waals surface area contributed by atoms with Crippen LogP contribution in [0.25, 0.3) is 21.9 Å². The van der Waals surface area contributed by atoms with Crippen LogP contribution in [0, 0.1) is 23.1 Å². The number of amides is 3. The molecule has 5 aromatic rings. The molecule has 1 atom stereocenters. The maximum Gasteiger partial charge on any atom is 0.329 e. The van der Waals surface area contributed by atoms with Crippen molar-refractivity contribution in [2.24, 2.45) is 13.0 Å². The van der Waals surface area contributed by atoms with Crippen molar-refractivity contribution in [3.63, 3.8) is 0 Å². The molecule has 0 bridgehead atoms. The Balaban J connectivity index is 0.874. The number of nitriles is 1. The molecule has 53 heavy (non-hydrogen) atoms. The summed E-state index contributed by atoms with van der Waals surface area (Å²) >= 11 is 0.